The first kappa shape index (κ1) is 15.3. The van der Waals surface area contributed by atoms with Gasteiger partial charge in [-0.05, 0) is 25.5 Å². The van der Waals surface area contributed by atoms with Crippen molar-refractivity contribution in [1.82, 2.24) is 4.31 Å². The number of benzene rings is 1. The Bertz CT molecular complexity index is 473. The zero-order valence-corrected chi connectivity index (χ0v) is 12.5. The van der Waals surface area contributed by atoms with Gasteiger partial charge in [0.2, 0.25) is 0 Å². The van der Waals surface area contributed by atoms with Gasteiger partial charge in [-0.2, -0.15) is 12.7 Å². The SMILES string of the molecule is Cc1ccc(N(C)S(=O)(=O)N(C)CCCCl)cc1. The number of hydrogen-bond acceptors (Lipinski definition) is 2. The number of nitrogens with zero attached hydrogens (tertiary/aromatic N) is 2. The summed E-state index contributed by atoms with van der Waals surface area (Å²) in [4.78, 5) is 0. The third-order valence-corrected chi connectivity index (χ3v) is 4.88. The average molecular weight is 291 g/mol. The van der Waals surface area contributed by atoms with Crippen LogP contribution < -0.4 is 4.31 Å². The van der Waals surface area contributed by atoms with Crippen LogP contribution in [-0.2, 0) is 10.2 Å². The van der Waals surface area contributed by atoms with Crippen LogP contribution in [0.3, 0.4) is 0 Å². The summed E-state index contributed by atoms with van der Waals surface area (Å²) in [6, 6.07) is 7.37. The van der Waals surface area contributed by atoms with Crippen molar-refractivity contribution in [3.05, 3.63) is 29.8 Å². The zero-order valence-electron chi connectivity index (χ0n) is 10.9. The molecule has 0 saturated heterocycles. The van der Waals surface area contributed by atoms with Crippen molar-refractivity contribution in [2.45, 2.75) is 13.3 Å². The molecule has 0 aliphatic carbocycles. The molecule has 1 rings (SSSR count). The lowest BCUT2D eigenvalue weighted by atomic mass is 10.2. The molecule has 1 aromatic rings. The van der Waals surface area contributed by atoms with E-state index >= 15 is 0 Å². The molecule has 1 aromatic carbocycles. The van der Waals surface area contributed by atoms with Crippen molar-refractivity contribution in [3.63, 3.8) is 0 Å². The van der Waals surface area contributed by atoms with Gasteiger partial charge in [0.25, 0.3) is 0 Å². The summed E-state index contributed by atoms with van der Waals surface area (Å²) in [5.74, 6) is 0.452. The lowest BCUT2D eigenvalue weighted by Crippen LogP contribution is -2.40. The fourth-order valence-corrected chi connectivity index (χ4v) is 2.78. The molecule has 0 spiro atoms. The first-order valence-electron chi connectivity index (χ1n) is 5.72. The van der Waals surface area contributed by atoms with Gasteiger partial charge in [0, 0.05) is 26.5 Å². The van der Waals surface area contributed by atoms with Gasteiger partial charge in [0.15, 0.2) is 0 Å². The Morgan fingerprint density at radius 2 is 1.72 bits per heavy atom. The third kappa shape index (κ3) is 3.60. The molecule has 6 heteroatoms. The summed E-state index contributed by atoms with van der Waals surface area (Å²) in [5.41, 5.74) is 1.75. The highest BCUT2D eigenvalue weighted by Crippen LogP contribution is 2.18. The minimum atomic E-state index is -3.47. The molecule has 0 aromatic heterocycles. The van der Waals surface area contributed by atoms with Crippen molar-refractivity contribution in [2.75, 3.05) is 30.8 Å². The molecule has 0 saturated carbocycles. The summed E-state index contributed by atoms with van der Waals surface area (Å²) in [5, 5.41) is 0. The Hall–Kier alpha value is -0.780. The second-order valence-electron chi connectivity index (χ2n) is 4.17. The largest absolute Gasteiger partial charge is 0.303 e. The smallest absolute Gasteiger partial charge is 0.261 e. The Morgan fingerprint density at radius 1 is 1.17 bits per heavy atom. The van der Waals surface area contributed by atoms with E-state index in [0.29, 0.717) is 24.5 Å². The molecule has 0 radical (unpaired) electrons. The van der Waals surface area contributed by atoms with E-state index in [-0.39, 0.29) is 0 Å². The second kappa shape index (κ2) is 6.41. The van der Waals surface area contributed by atoms with Gasteiger partial charge in [0.1, 0.15) is 0 Å². The molecule has 0 fully saturated rings. The molecular formula is C12H19ClN2O2S. The standard InChI is InChI=1S/C12H19ClN2O2S/c1-11-5-7-12(8-6-11)15(3)18(16,17)14(2)10-4-9-13/h5-8H,4,9-10H2,1-3H3. The van der Waals surface area contributed by atoms with Crippen molar-refractivity contribution < 1.29 is 8.42 Å². The Balaban J connectivity index is 2.87. The van der Waals surface area contributed by atoms with Gasteiger partial charge < -0.3 is 0 Å². The van der Waals surface area contributed by atoms with Crippen LogP contribution in [0.4, 0.5) is 5.69 Å². The molecule has 102 valence electrons. The fourth-order valence-electron chi connectivity index (χ4n) is 1.49. The molecule has 0 atom stereocenters. The van der Waals surface area contributed by atoms with Gasteiger partial charge in [-0.3, -0.25) is 4.31 Å². The van der Waals surface area contributed by atoms with Crippen molar-refractivity contribution in [3.8, 4) is 0 Å². The molecule has 4 nitrogen and oxygen atoms in total. The highest BCUT2D eigenvalue weighted by molar-refractivity contribution is 7.90. The van der Waals surface area contributed by atoms with Crippen LogP contribution in [0.5, 0.6) is 0 Å². The Morgan fingerprint density at radius 3 is 2.22 bits per heavy atom. The number of alkyl halides is 1. The number of anilines is 1. The quantitative estimate of drug-likeness (QED) is 0.754. The second-order valence-corrected chi connectivity index (χ2v) is 6.62. The van der Waals surface area contributed by atoms with Crippen LogP contribution in [0.2, 0.25) is 0 Å². The minimum absolute atomic E-state index is 0.419. The van der Waals surface area contributed by atoms with Crippen LogP contribution in [-0.4, -0.2) is 39.2 Å². The molecule has 0 unspecified atom stereocenters. The van der Waals surface area contributed by atoms with Crippen LogP contribution >= 0.6 is 11.6 Å². The molecule has 18 heavy (non-hydrogen) atoms. The van der Waals surface area contributed by atoms with Gasteiger partial charge in [-0.15, -0.1) is 11.6 Å². The van der Waals surface area contributed by atoms with Gasteiger partial charge >= 0.3 is 10.2 Å². The predicted molar refractivity (Wildman–Crippen MR) is 76.5 cm³/mol. The molecule has 0 aliphatic rings. The number of hydrogen-bond donors (Lipinski definition) is 0. The van der Waals surface area contributed by atoms with Crippen molar-refractivity contribution in [2.24, 2.45) is 0 Å². The molecule has 0 heterocycles. The highest BCUT2D eigenvalue weighted by atomic mass is 35.5. The third-order valence-electron chi connectivity index (χ3n) is 2.74. The Labute approximate surface area is 114 Å². The van der Waals surface area contributed by atoms with E-state index in [1.807, 2.05) is 19.1 Å². The molecule has 0 amide bonds. The summed E-state index contributed by atoms with van der Waals surface area (Å²) >= 11 is 5.57. The first-order valence-corrected chi connectivity index (χ1v) is 7.65. The predicted octanol–water partition coefficient (Wildman–Crippen LogP) is 2.24. The summed E-state index contributed by atoms with van der Waals surface area (Å²) in [7, 11) is -0.354. The maximum absolute atomic E-state index is 12.2. The minimum Gasteiger partial charge on any atom is -0.261 e. The Kier molecular flexibility index (Phi) is 5.44. The lowest BCUT2D eigenvalue weighted by molar-refractivity contribution is 0.468. The normalized spacial score (nSPS) is 11.8. The highest BCUT2D eigenvalue weighted by Gasteiger charge is 2.23. The van der Waals surface area contributed by atoms with E-state index in [2.05, 4.69) is 0 Å². The van der Waals surface area contributed by atoms with Crippen LogP contribution in [0.25, 0.3) is 0 Å². The van der Waals surface area contributed by atoms with E-state index in [9.17, 15) is 8.42 Å². The van der Waals surface area contributed by atoms with Crippen molar-refractivity contribution in [1.29, 1.82) is 0 Å². The van der Waals surface area contributed by atoms with Crippen molar-refractivity contribution >= 4 is 27.5 Å². The molecular weight excluding hydrogens is 272 g/mol. The van der Waals surface area contributed by atoms with E-state index in [1.165, 1.54) is 8.61 Å². The van der Waals surface area contributed by atoms with Gasteiger partial charge in [-0.25, -0.2) is 0 Å². The zero-order chi connectivity index (χ0) is 13.8. The first-order chi connectivity index (χ1) is 8.39. The molecule has 0 aliphatic heterocycles. The van der Waals surface area contributed by atoms with E-state index < -0.39 is 10.2 Å². The molecule has 0 N–H and O–H groups in total. The summed E-state index contributed by atoms with van der Waals surface area (Å²) in [6.45, 7) is 2.38. The molecule has 0 bridgehead atoms. The van der Waals surface area contributed by atoms with Crippen LogP contribution in [0.15, 0.2) is 24.3 Å². The fraction of sp³-hybridized carbons (Fsp3) is 0.500. The van der Waals surface area contributed by atoms with Gasteiger partial charge in [-0.1, -0.05) is 17.7 Å². The topological polar surface area (TPSA) is 40.6 Å². The maximum Gasteiger partial charge on any atom is 0.303 e. The van der Waals surface area contributed by atoms with Crippen LogP contribution in [0, 0.1) is 6.92 Å². The van der Waals surface area contributed by atoms with Crippen LogP contribution in [0.1, 0.15) is 12.0 Å². The summed E-state index contributed by atoms with van der Waals surface area (Å²) in [6.07, 6.45) is 0.638. The van der Waals surface area contributed by atoms with E-state index in [0.717, 1.165) is 5.56 Å². The number of halogens is 1. The lowest BCUT2D eigenvalue weighted by Gasteiger charge is -2.25. The monoisotopic (exact) mass is 290 g/mol. The van der Waals surface area contributed by atoms with E-state index in [1.54, 1.807) is 26.2 Å². The van der Waals surface area contributed by atoms with E-state index in [4.69, 9.17) is 11.6 Å². The number of rotatable bonds is 6. The number of aryl methyl sites for hydroxylation is 1. The van der Waals surface area contributed by atoms with Gasteiger partial charge in [0.05, 0.1) is 5.69 Å². The summed E-state index contributed by atoms with van der Waals surface area (Å²) < 4.78 is 27.1. The maximum atomic E-state index is 12.2. The average Bonchev–Trinajstić information content (AvgIpc) is 2.35.